The van der Waals surface area contributed by atoms with E-state index in [0.29, 0.717) is 5.88 Å². The van der Waals surface area contributed by atoms with E-state index in [1.807, 2.05) is 5.43 Å². The summed E-state index contributed by atoms with van der Waals surface area (Å²) in [4.78, 5) is 10.1. The Balaban J connectivity index is 0. The minimum Gasteiger partial charge on any atom is -0.294 e. The molecule has 0 aromatic rings. The van der Waals surface area contributed by atoms with E-state index in [1.165, 1.54) is 0 Å². The molecule has 0 spiro atoms. The monoisotopic (exact) mass is 158 g/mol. The Bertz CT molecular complexity index is 68.3. The molecule has 0 atom stereocenters. The molecule has 0 aromatic carbocycles. The molecule has 50 valence electrons. The molecular formula is C3H8Cl2N2O. The molecule has 3 nitrogen and oxygen atoms in total. The molecular weight excluding hydrogens is 151 g/mol. The lowest BCUT2D eigenvalue weighted by Gasteiger charge is -1.90. The maximum Gasteiger partial charge on any atom is 0.235 e. The summed E-state index contributed by atoms with van der Waals surface area (Å²) >= 11 is 5.16. The van der Waals surface area contributed by atoms with Crippen molar-refractivity contribution in [1.29, 1.82) is 0 Å². The molecule has 0 saturated heterocycles. The Hall–Kier alpha value is 0.01000. The molecule has 5 heteroatoms. The van der Waals surface area contributed by atoms with E-state index in [-0.39, 0.29) is 24.7 Å². The fourth-order valence-corrected chi connectivity index (χ4v) is 0.330. The van der Waals surface area contributed by atoms with Crippen LogP contribution >= 0.6 is 24.0 Å². The van der Waals surface area contributed by atoms with Gasteiger partial charge in [0.2, 0.25) is 5.91 Å². The van der Waals surface area contributed by atoms with Crippen LogP contribution in [0.2, 0.25) is 0 Å². The summed E-state index contributed by atoms with van der Waals surface area (Å²) in [5.74, 6) is 4.80. The molecule has 0 bridgehead atoms. The van der Waals surface area contributed by atoms with Crippen molar-refractivity contribution in [2.24, 2.45) is 5.84 Å². The van der Waals surface area contributed by atoms with Gasteiger partial charge in [-0.15, -0.1) is 24.0 Å². The van der Waals surface area contributed by atoms with Gasteiger partial charge < -0.3 is 0 Å². The molecule has 0 heterocycles. The van der Waals surface area contributed by atoms with E-state index in [4.69, 9.17) is 17.4 Å². The zero-order chi connectivity index (χ0) is 5.70. The molecule has 8 heavy (non-hydrogen) atoms. The standard InChI is InChI=1S/C3H7ClN2O.ClH/c4-2-1-3(7)6-5;/h1-2,5H2,(H,6,7);1H. The molecule has 0 aromatic heterocycles. The highest BCUT2D eigenvalue weighted by atomic mass is 35.5. The minimum absolute atomic E-state index is 0. The van der Waals surface area contributed by atoms with Crippen molar-refractivity contribution in [2.75, 3.05) is 5.88 Å². The summed E-state index contributed by atoms with van der Waals surface area (Å²) in [5, 5.41) is 0. The molecule has 0 aliphatic rings. The third-order valence-electron chi connectivity index (χ3n) is 0.483. The first kappa shape index (κ1) is 10.9. The van der Waals surface area contributed by atoms with Crippen molar-refractivity contribution < 1.29 is 4.79 Å². The number of halogens is 2. The number of rotatable bonds is 2. The van der Waals surface area contributed by atoms with E-state index in [0.717, 1.165) is 0 Å². The van der Waals surface area contributed by atoms with Gasteiger partial charge in [-0.3, -0.25) is 10.2 Å². The zero-order valence-electron chi connectivity index (χ0n) is 4.19. The topological polar surface area (TPSA) is 55.1 Å². The molecule has 1 amide bonds. The van der Waals surface area contributed by atoms with Crippen molar-refractivity contribution >= 4 is 29.9 Å². The second kappa shape index (κ2) is 7.01. The number of alkyl halides is 1. The maximum atomic E-state index is 10.1. The predicted molar refractivity (Wildman–Crippen MR) is 34.9 cm³/mol. The van der Waals surface area contributed by atoms with Crippen molar-refractivity contribution in [3.8, 4) is 0 Å². The lowest BCUT2D eigenvalue weighted by Crippen LogP contribution is -2.29. The van der Waals surface area contributed by atoms with Crippen LogP contribution in [0.25, 0.3) is 0 Å². The van der Waals surface area contributed by atoms with Crippen LogP contribution < -0.4 is 11.3 Å². The van der Waals surface area contributed by atoms with Crippen LogP contribution in [0.1, 0.15) is 6.42 Å². The van der Waals surface area contributed by atoms with Gasteiger partial charge >= 0.3 is 0 Å². The molecule has 0 unspecified atom stereocenters. The Morgan fingerprint density at radius 3 is 2.38 bits per heavy atom. The molecule has 3 N–H and O–H groups in total. The Labute approximate surface area is 58.9 Å². The first-order valence-corrected chi connectivity index (χ1v) is 2.40. The van der Waals surface area contributed by atoms with E-state index < -0.39 is 0 Å². The number of nitrogens with two attached hydrogens (primary N) is 1. The van der Waals surface area contributed by atoms with Crippen LogP contribution in [-0.4, -0.2) is 11.8 Å². The Morgan fingerprint density at radius 2 is 2.25 bits per heavy atom. The van der Waals surface area contributed by atoms with Crippen LogP contribution in [0.3, 0.4) is 0 Å². The first-order valence-electron chi connectivity index (χ1n) is 1.86. The van der Waals surface area contributed by atoms with Crippen LogP contribution in [-0.2, 0) is 4.79 Å². The van der Waals surface area contributed by atoms with Crippen molar-refractivity contribution in [1.82, 2.24) is 5.43 Å². The molecule has 0 radical (unpaired) electrons. The number of carbonyl (C=O) groups excluding carboxylic acids is 1. The highest BCUT2D eigenvalue weighted by molar-refractivity contribution is 6.18. The van der Waals surface area contributed by atoms with Crippen LogP contribution in [0.5, 0.6) is 0 Å². The molecule has 0 aliphatic carbocycles. The average molecular weight is 159 g/mol. The fraction of sp³-hybridized carbons (Fsp3) is 0.667. The van der Waals surface area contributed by atoms with Crippen molar-refractivity contribution in [2.45, 2.75) is 6.42 Å². The largest absolute Gasteiger partial charge is 0.294 e. The predicted octanol–water partition coefficient (Wildman–Crippen LogP) is 0.0270. The quantitative estimate of drug-likeness (QED) is 0.258. The molecule has 0 fully saturated rings. The van der Waals surface area contributed by atoms with E-state index in [9.17, 15) is 4.79 Å². The van der Waals surface area contributed by atoms with E-state index in [2.05, 4.69) is 0 Å². The van der Waals surface area contributed by atoms with Gasteiger partial charge in [0.25, 0.3) is 0 Å². The van der Waals surface area contributed by atoms with Crippen molar-refractivity contribution in [3.05, 3.63) is 0 Å². The third-order valence-corrected chi connectivity index (χ3v) is 0.672. The summed E-state index contributed by atoms with van der Waals surface area (Å²) < 4.78 is 0. The zero-order valence-corrected chi connectivity index (χ0v) is 5.76. The number of hydrogen-bond donors (Lipinski definition) is 2. The van der Waals surface area contributed by atoms with Gasteiger partial charge in [-0.05, 0) is 0 Å². The van der Waals surface area contributed by atoms with E-state index >= 15 is 0 Å². The average Bonchev–Trinajstić information content (AvgIpc) is 1.68. The fourth-order valence-electron chi connectivity index (χ4n) is 0.158. The SMILES string of the molecule is Cl.NNC(=O)CCCl. The molecule has 0 aliphatic heterocycles. The number of carbonyl (C=O) groups is 1. The summed E-state index contributed by atoms with van der Waals surface area (Å²) in [6.07, 6.45) is 0.290. The summed E-state index contributed by atoms with van der Waals surface area (Å²) in [7, 11) is 0. The smallest absolute Gasteiger partial charge is 0.235 e. The second-order valence-electron chi connectivity index (χ2n) is 1.01. The highest BCUT2D eigenvalue weighted by Crippen LogP contribution is 1.80. The molecule has 0 saturated carbocycles. The van der Waals surface area contributed by atoms with Crippen LogP contribution in [0.15, 0.2) is 0 Å². The van der Waals surface area contributed by atoms with Gasteiger partial charge in [-0.1, -0.05) is 0 Å². The third kappa shape index (κ3) is 6.01. The number of amides is 1. The summed E-state index contributed by atoms with van der Waals surface area (Å²) in [6, 6.07) is 0. The Kier molecular flexibility index (Phi) is 9.55. The summed E-state index contributed by atoms with van der Waals surface area (Å²) in [6.45, 7) is 0. The van der Waals surface area contributed by atoms with Gasteiger partial charge in [0.15, 0.2) is 0 Å². The van der Waals surface area contributed by atoms with Gasteiger partial charge in [0.1, 0.15) is 0 Å². The number of hydrazine groups is 1. The lowest BCUT2D eigenvalue weighted by atomic mass is 10.5. The van der Waals surface area contributed by atoms with Gasteiger partial charge in [0, 0.05) is 12.3 Å². The maximum absolute atomic E-state index is 10.1. The normalized spacial score (nSPS) is 7.25. The molecule has 0 rings (SSSR count). The summed E-state index contributed by atoms with van der Waals surface area (Å²) in [5.41, 5.74) is 1.94. The lowest BCUT2D eigenvalue weighted by molar-refractivity contribution is -0.120. The van der Waals surface area contributed by atoms with E-state index in [1.54, 1.807) is 0 Å². The van der Waals surface area contributed by atoms with Gasteiger partial charge in [-0.25, -0.2) is 5.84 Å². The van der Waals surface area contributed by atoms with Gasteiger partial charge in [0.05, 0.1) is 0 Å². The van der Waals surface area contributed by atoms with Crippen LogP contribution in [0, 0.1) is 0 Å². The minimum atomic E-state index is -0.227. The number of hydrogen-bond acceptors (Lipinski definition) is 2. The number of nitrogens with one attached hydrogen (secondary N) is 1. The first-order chi connectivity index (χ1) is 3.31. The second-order valence-corrected chi connectivity index (χ2v) is 1.38. The van der Waals surface area contributed by atoms with Crippen molar-refractivity contribution in [3.63, 3.8) is 0 Å². The Morgan fingerprint density at radius 1 is 1.75 bits per heavy atom. The van der Waals surface area contributed by atoms with Crippen LogP contribution in [0.4, 0.5) is 0 Å². The highest BCUT2D eigenvalue weighted by Gasteiger charge is 1.91. The van der Waals surface area contributed by atoms with Gasteiger partial charge in [-0.2, -0.15) is 0 Å².